The monoisotopic (exact) mass is 506 g/mol. The predicted octanol–water partition coefficient (Wildman–Crippen LogP) is 2.52. The van der Waals surface area contributed by atoms with Gasteiger partial charge in [0.05, 0.1) is 0 Å². The molecular weight excluding hydrogens is 464 g/mol. The lowest BCUT2D eigenvalue weighted by atomic mass is 10.1. The number of unbranched alkanes of at least 4 members (excludes halogenated alkanes) is 4. The highest BCUT2D eigenvalue weighted by molar-refractivity contribution is 6.12. The molecule has 1 saturated heterocycles. The van der Waals surface area contributed by atoms with E-state index in [4.69, 9.17) is 4.74 Å². The van der Waals surface area contributed by atoms with Crippen LogP contribution in [-0.2, 0) is 23.9 Å². The van der Waals surface area contributed by atoms with Crippen LogP contribution in [0.5, 0.6) is 0 Å². The highest BCUT2D eigenvalue weighted by Gasteiger charge is 2.29. The quantitative estimate of drug-likeness (QED) is 0.276. The van der Waals surface area contributed by atoms with Crippen molar-refractivity contribution >= 4 is 29.7 Å². The largest absolute Gasteiger partial charge is 0.444 e. The maximum Gasteiger partial charge on any atom is 0.410 e. The second-order valence-electron chi connectivity index (χ2n) is 10.5. The Balaban J connectivity index is 1.41. The first-order chi connectivity index (χ1) is 17.0. The number of hydrogen-bond acceptors (Lipinski definition) is 6. The van der Waals surface area contributed by atoms with Crippen LogP contribution in [0.3, 0.4) is 0 Å². The van der Waals surface area contributed by atoms with E-state index in [0.29, 0.717) is 58.4 Å². The minimum absolute atomic E-state index is 0.000255. The number of imide groups is 1. The lowest BCUT2D eigenvalue weighted by molar-refractivity contribution is -0.137. The molecule has 2 aliphatic heterocycles. The van der Waals surface area contributed by atoms with E-state index in [1.165, 1.54) is 17.1 Å². The van der Waals surface area contributed by atoms with E-state index >= 15 is 0 Å². The molecule has 2 heterocycles. The molecule has 0 aliphatic carbocycles. The zero-order chi connectivity index (χ0) is 26.6. The van der Waals surface area contributed by atoms with E-state index in [9.17, 15) is 24.0 Å². The molecule has 0 aromatic rings. The summed E-state index contributed by atoms with van der Waals surface area (Å²) < 4.78 is 5.40. The van der Waals surface area contributed by atoms with Crippen LogP contribution in [0.4, 0.5) is 4.79 Å². The van der Waals surface area contributed by atoms with Crippen molar-refractivity contribution in [2.45, 2.75) is 84.2 Å². The number of hydrogen-bond donors (Lipinski definition) is 2. The Morgan fingerprint density at radius 1 is 0.917 bits per heavy atom. The van der Waals surface area contributed by atoms with E-state index in [-0.39, 0.29) is 35.6 Å². The minimum Gasteiger partial charge on any atom is -0.444 e. The van der Waals surface area contributed by atoms with Crippen molar-refractivity contribution in [3.63, 3.8) is 0 Å². The zero-order valence-electron chi connectivity index (χ0n) is 22.0. The Bertz CT molecular complexity index is 802. The van der Waals surface area contributed by atoms with E-state index in [0.717, 1.165) is 32.1 Å². The Labute approximate surface area is 214 Å². The molecule has 2 rings (SSSR count). The molecule has 0 aromatic heterocycles. The third-order valence-corrected chi connectivity index (χ3v) is 6.11. The molecule has 0 radical (unpaired) electrons. The van der Waals surface area contributed by atoms with Gasteiger partial charge >= 0.3 is 6.09 Å². The van der Waals surface area contributed by atoms with Gasteiger partial charge in [0, 0.05) is 57.7 Å². The molecule has 2 aliphatic rings. The van der Waals surface area contributed by atoms with Crippen LogP contribution in [0.25, 0.3) is 0 Å². The molecule has 0 unspecified atom stereocenters. The Hall–Kier alpha value is -2.91. The third kappa shape index (κ3) is 11.2. The number of carbonyl (C=O) groups is 5. The van der Waals surface area contributed by atoms with Crippen molar-refractivity contribution in [1.29, 1.82) is 0 Å². The van der Waals surface area contributed by atoms with Crippen LogP contribution in [0.15, 0.2) is 12.2 Å². The van der Waals surface area contributed by atoms with Gasteiger partial charge in [0.2, 0.25) is 11.8 Å². The maximum atomic E-state index is 12.1. The fraction of sp³-hybridized carbons (Fsp3) is 0.731. The average molecular weight is 507 g/mol. The first-order valence-corrected chi connectivity index (χ1v) is 13.1. The molecule has 0 aromatic carbocycles. The molecule has 10 heteroatoms. The Kier molecular flexibility index (Phi) is 11.9. The van der Waals surface area contributed by atoms with Crippen LogP contribution in [0, 0.1) is 5.92 Å². The summed E-state index contributed by atoms with van der Waals surface area (Å²) >= 11 is 0. The SMILES string of the molecule is CC(C)(C)OC(=O)N1CC[C@H](CNC(=O)CCCCCNC(=O)CCCCCN2C(=O)C=CC2=O)C1. The average Bonchev–Trinajstić information content (AvgIpc) is 3.40. The first kappa shape index (κ1) is 29.3. The summed E-state index contributed by atoms with van der Waals surface area (Å²) in [7, 11) is 0. The van der Waals surface area contributed by atoms with Crippen molar-refractivity contribution in [2.24, 2.45) is 5.92 Å². The van der Waals surface area contributed by atoms with Gasteiger partial charge in [-0.25, -0.2) is 4.79 Å². The number of rotatable bonds is 14. The van der Waals surface area contributed by atoms with Crippen molar-refractivity contribution in [3.8, 4) is 0 Å². The van der Waals surface area contributed by atoms with Gasteiger partial charge in [0.25, 0.3) is 11.8 Å². The van der Waals surface area contributed by atoms with Crippen LogP contribution >= 0.6 is 0 Å². The van der Waals surface area contributed by atoms with Gasteiger partial charge in [0.1, 0.15) is 5.60 Å². The third-order valence-electron chi connectivity index (χ3n) is 6.11. The maximum absolute atomic E-state index is 12.1. The molecule has 0 saturated carbocycles. The van der Waals surface area contributed by atoms with Gasteiger partial charge in [-0.1, -0.05) is 12.8 Å². The highest BCUT2D eigenvalue weighted by Crippen LogP contribution is 2.19. The van der Waals surface area contributed by atoms with Crippen molar-refractivity contribution in [2.75, 3.05) is 32.7 Å². The molecule has 0 spiro atoms. The van der Waals surface area contributed by atoms with Gasteiger partial charge in [-0.15, -0.1) is 0 Å². The summed E-state index contributed by atoms with van der Waals surface area (Å²) in [6, 6.07) is 0. The fourth-order valence-corrected chi connectivity index (χ4v) is 4.13. The van der Waals surface area contributed by atoms with Gasteiger partial charge in [-0.2, -0.15) is 0 Å². The number of amides is 5. The van der Waals surface area contributed by atoms with Crippen LogP contribution in [-0.4, -0.2) is 77.8 Å². The summed E-state index contributed by atoms with van der Waals surface area (Å²) in [6.45, 7) is 8.34. The van der Waals surface area contributed by atoms with Crippen LogP contribution < -0.4 is 10.6 Å². The lowest BCUT2D eigenvalue weighted by Gasteiger charge is -2.24. The number of nitrogens with zero attached hydrogens (tertiary/aromatic N) is 2. The van der Waals surface area contributed by atoms with E-state index < -0.39 is 5.60 Å². The summed E-state index contributed by atoms with van der Waals surface area (Å²) in [5.41, 5.74) is -0.509. The van der Waals surface area contributed by atoms with Crippen LogP contribution in [0.2, 0.25) is 0 Å². The molecular formula is C26H42N4O6. The van der Waals surface area contributed by atoms with E-state index in [1.54, 1.807) is 4.90 Å². The zero-order valence-corrected chi connectivity index (χ0v) is 22.0. The van der Waals surface area contributed by atoms with Crippen molar-refractivity contribution in [1.82, 2.24) is 20.4 Å². The molecule has 1 atom stereocenters. The molecule has 0 bridgehead atoms. The smallest absolute Gasteiger partial charge is 0.410 e. The van der Waals surface area contributed by atoms with Gasteiger partial charge in [0.15, 0.2) is 0 Å². The second-order valence-corrected chi connectivity index (χ2v) is 10.5. The molecule has 36 heavy (non-hydrogen) atoms. The molecule has 5 amide bonds. The molecule has 10 nitrogen and oxygen atoms in total. The van der Waals surface area contributed by atoms with Gasteiger partial charge < -0.3 is 20.3 Å². The number of nitrogens with one attached hydrogen (secondary N) is 2. The standard InChI is InChI=1S/C26H42N4O6/c1-26(2,3)36-25(35)29-17-14-20(19-29)18-28-22(32)11-6-4-8-15-27-21(31)10-7-5-9-16-30-23(33)12-13-24(30)34/h12-13,20H,4-11,14-19H2,1-3H3,(H,27,31)(H,28,32)/t20-/m1/s1. The second kappa shape index (κ2) is 14.6. The first-order valence-electron chi connectivity index (χ1n) is 13.1. The molecule has 2 N–H and O–H groups in total. The fourth-order valence-electron chi connectivity index (χ4n) is 4.13. The van der Waals surface area contributed by atoms with E-state index in [2.05, 4.69) is 10.6 Å². The molecule has 202 valence electrons. The highest BCUT2D eigenvalue weighted by atomic mass is 16.6. The van der Waals surface area contributed by atoms with Crippen LogP contribution in [0.1, 0.15) is 78.6 Å². The van der Waals surface area contributed by atoms with E-state index in [1.807, 2.05) is 20.8 Å². The number of carbonyl (C=O) groups excluding carboxylic acids is 5. The predicted molar refractivity (Wildman–Crippen MR) is 135 cm³/mol. The van der Waals surface area contributed by atoms with Crippen molar-refractivity contribution < 1.29 is 28.7 Å². The summed E-state index contributed by atoms with van der Waals surface area (Å²) in [5.74, 6) is -0.271. The molecule has 1 fully saturated rings. The van der Waals surface area contributed by atoms with Gasteiger partial charge in [-0.05, 0) is 58.8 Å². The number of likely N-dealkylation sites (tertiary alicyclic amines) is 1. The Morgan fingerprint density at radius 2 is 1.53 bits per heavy atom. The summed E-state index contributed by atoms with van der Waals surface area (Å²) in [6.07, 6.45) is 8.62. The van der Waals surface area contributed by atoms with Gasteiger partial charge in [-0.3, -0.25) is 24.1 Å². The topological polar surface area (TPSA) is 125 Å². The summed E-state index contributed by atoms with van der Waals surface area (Å²) in [5, 5.41) is 5.86. The minimum atomic E-state index is -0.509. The summed E-state index contributed by atoms with van der Waals surface area (Å²) in [4.78, 5) is 62.0. The van der Waals surface area contributed by atoms with Crippen molar-refractivity contribution in [3.05, 3.63) is 12.2 Å². The Morgan fingerprint density at radius 3 is 2.17 bits per heavy atom. The lowest BCUT2D eigenvalue weighted by Crippen LogP contribution is -2.36. The normalized spacial score (nSPS) is 17.6. The number of ether oxygens (including phenoxy) is 1.